The van der Waals surface area contributed by atoms with Crippen molar-refractivity contribution in [3.63, 3.8) is 0 Å². The fourth-order valence-corrected chi connectivity index (χ4v) is 2.34. The minimum atomic E-state index is -3.09. The smallest absolute Gasteiger partial charge is 0.294 e. The summed E-state index contributed by atoms with van der Waals surface area (Å²) in [6, 6.07) is 5.43. The van der Waals surface area contributed by atoms with Crippen LogP contribution in [0.2, 0.25) is 0 Å². The molecule has 0 amide bonds. The Morgan fingerprint density at radius 1 is 1.47 bits per heavy atom. The van der Waals surface area contributed by atoms with E-state index >= 15 is 0 Å². The van der Waals surface area contributed by atoms with Gasteiger partial charge < -0.3 is 4.74 Å². The van der Waals surface area contributed by atoms with Crippen molar-refractivity contribution >= 4 is 22.6 Å². The molecule has 0 N–H and O–H groups in total. The summed E-state index contributed by atoms with van der Waals surface area (Å²) in [6.07, 6.45) is 3.01. The van der Waals surface area contributed by atoms with Gasteiger partial charge in [0.15, 0.2) is 0 Å². The van der Waals surface area contributed by atoms with Crippen LogP contribution in [0, 0.1) is 3.57 Å². The Labute approximate surface area is 123 Å². The van der Waals surface area contributed by atoms with Crippen molar-refractivity contribution in [3.05, 3.63) is 52.4 Å². The predicted molar refractivity (Wildman–Crippen MR) is 76.9 cm³/mol. The summed E-state index contributed by atoms with van der Waals surface area (Å²) in [5, 5.41) is 3.97. The van der Waals surface area contributed by atoms with E-state index in [1.807, 2.05) is 12.1 Å². The third-order valence-electron chi connectivity index (χ3n) is 2.62. The largest absolute Gasteiger partial charge is 0.494 e. The van der Waals surface area contributed by atoms with Gasteiger partial charge in [-0.25, -0.2) is 4.68 Å². The first-order chi connectivity index (χ1) is 8.99. The van der Waals surface area contributed by atoms with E-state index in [0.717, 1.165) is 9.77 Å². The topological polar surface area (TPSA) is 27.1 Å². The minimum absolute atomic E-state index is 0.204. The Hall–Kier alpha value is -1.44. The fraction of sp³-hybridized carbons (Fsp3) is 0.154. The van der Waals surface area contributed by atoms with E-state index in [9.17, 15) is 8.78 Å². The van der Waals surface area contributed by atoms with Crippen LogP contribution in [0.25, 0.3) is 5.69 Å². The van der Waals surface area contributed by atoms with E-state index in [1.165, 1.54) is 18.0 Å². The summed E-state index contributed by atoms with van der Waals surface area (Å²) in [7, 11) is 1.53. The Bertz CT molecular complexity index is 610. The normalized spacial score (nSPS) is 11.4. The number of benzene rings is 1. The summed E-state index contributed by atoms with van der Waals surface area (Å²) in [6.45, 7) is 3.13. The number of allylic oxidation sites excluding steroid dienone is 1. The number of aromatic nitrogens is 2. The van der Waals surface area contributed by atoms with Gasteiger partial charge in [0, 0.05) is 9.77 Å². The molecular formula is C13H11F2IN2O. The van der Waals surface area contributed by atoms with E-state index in [1.54, 1.807) is 6.07 Å². The van der Waals surface area contributed by atoms with Crippen molar-refractivity contribution in [3.8, 4) is 11.4 Å². The maximum Gasteiger partial charge on any atom is 0.294 e. The average molecular weight is 376 g/mol. The lowest BCUT2D eigenvalue weighted by atomic mass is 10.2. The van der Waals surface area contributed by atoms with Crippen molar-refractivity contribution in [1.29, 1.82) is 0 Å². The number of ether oxygens (including phenoxy) is 1. The van der Waals surface area contributed by atoms with Gasteiger partial charge in [-0.2, -0.15) is 13.9 Å². The first-order valence-corrected chi connectivity index (χ1v) is 6.47. The Morgan fingerprint density at radius 3 is 2.84 bits per heavy atom. The molecule has 0 saturated carbocycles. The molecule has 0 radical (unpaired) electrons. The summed E-state index contributed by atoms with van der Waals surface area (Å²) >= 11 is 2.10. The lowest BCUT2D eigenvalue weighted by Gasteiger charge is -2.11. The lowest BCUT2D eigenvalue weighted by Crippen LogP contribution is -2.07. The molecule has 100 valence electrons. The number of para-hydroxylation sites is 1. The molecule has 19 heavy (non-hydrogen) atoms. The molecule has 0 fully saturated rings. The van der Waals surface area contributed by atoms with Crippen molar-refractivity contribution in [2.45, 2.75) is 5.92 Å². The van der Waals surface area contributed by atoms with E-state index in [0.29, 0.717) is 17.5 Å². The zero-order chi connectivity index (χ0) is 14.0. The van der Waals surface area contributed by atoms with Gasteiger partial charge in [0.1, 0.15) is 11.4 Å². The monoisotopic (exact) mass is 376 g/mol. The van der Waals surface area contributed by atoms with Crippen LogP contribution in [0.5, 0.6) is 5.75 Å². The number of nitrogens with zero attached hydrogens (tertiary/aromatic N) is 2. The molecule has 0 saturated heterocycles. The van der Waals surface area contributed by atoms with Crippen LogP contribution in [0.15, 0.2) is 43.2 Å². The standard InChI is InChI=1S/C13H11F2IN2O/c1-3-13(14,15)9-7-17-18(8-9)12-10(16)5-4-6-11(12)19-2/h3-8H,1H2,2H3. The van der Waals surface area contributed by atoms with E-state index < -0.39 is 5.92 Å². The number of halogens is 3. The Balaban J connectivity index is 2.53. The molecule has 2 rings (SSSR count). The second kappa shape index (κ2) is 5.28. The highest BCUT2D eigenvalue weighted by Crippen LogP contribution is 2.32. The molecule has 0 atom stereocenters. The SMILES string of the molecule is C=CC(F)(F)c1cnn(-c2c(I)cccc2OC)c1. The number of alkyl halides is 2. The van der Waals surface area contributed by atoms with Crippen LogP contribution in [-0.2, 0) is 5.92 Å². The van der Waals surface area contributed by atoms with Crippen LogP contribution in [0.1, 0.15) is 5.56 Å². The second-order valence-electron chi connectivity index (χ2n) is 3.79. The third-order valence-corrected chi connectivity index (χ3v) is 3.49. The second-order valence-corrected chi connectivity index (χ2v) is 4.95. The molecule has 1 aromatic carbocycles. The van der Waals surface area contributed by atoms with Gasteiger partial charge in [0.2, 0.25) is 0 Å². The van der Waals surface area contributed by atoms with Crippen LogP contribution in [0.4, 0.5) is 8.78 Å². The molecule has 0 aliphatic heterocycles. The molecule has 1 heterocycles. The molecule has 3 nitrogen and oxygen atoms in total. The van der Waals surface area contributed by atoms with Gasteiger partial charge in [-0.1, -0.05) is 12.6 Å². The highest BCUT2D eigenvalue weighted by atomic mass is 127. The summed E-state index contributed by atoms with van der Waals surface area (Å²) in [5.74, 6) is -2.52. The van der Waals surface area contributed by atoms with Crippen molar-refractivity contribution < 1.29 is 13.5 Å². The third kappa shape index (κ3) is 2.63. The molecule has 0 aliphatic carbocycles. The Morgan fingerprint density at radius 2 is 2.21 bits per heavy atom. The first kappa shape index (κ1) is 14.0. The van der Waals surface area contributed by atoms with Crippen molar-refractivity contribution in [2.24, 2.45) is 0 Å². The summed E-state index contributed by atoms with van der Waals surface area (Å²) < 4.78 is 34.5. The highest BCUT2D eigenvalue weighted by molar-refractivity contribution is 14.1. The molecule has 0 unspecified atom stereocenters. The van der Waals surface area contributed by atoms with Gasteiger partial charge in [0.05, 0.1) is 18.9 Å². The van der Waals surface area contributed by atoms with Crippen molar-refractivity contribution in [2.75, 3.05) is 7.11 Å². The van der Waals surface area contributed by atoms with Crippen LogP contribution >= 0.6 is 22.6 Å². The number of hydrogen-bond acceptors (Lipinski definition) is 2. The molecule has 0 bridgehead atoms. The van der Waals surface area contributed by atoms with E-state index in [-0.39, 0.29) is 5.56 Å². The first-order valence-electron chi connectivity index (χ1n) is 5.39. The molecule has 0 aliphatic rings. The van der Waals surface area contributed by atoms with Gasteiger partial charge in [-0.3, -0.25) is 0 Å². The zero-order valence-corrected chi connectivity index (χ0v) is 12.3. The van der Waals surface area contributed by atoms with Crippen LogP contribution in [-0.4, -0.2) is 16.9 Å². The lowest BCUT2D eigenvalue weighted by molar-refractivity contribution is 0.0525. The number of hydrogen-bond donors (Lipinski definition) is 0. The van der Waals surface area contributed by atoms with Crippen LogP contribution in [0.3, 0.4) is 0 Å². The molecule has 0 spiro atoms. The van der Waals surface area contributed by atoms with Gasteiger partial charge in [0.25, 0.3) is 5.92 Å². The maximum absolute atomic E-state index is 13.5. The zero-order valence-electron chi connectivity index (χ0n) is 10.1. The number of rotatable bonds is 4. The van der Waals surface area contributed by atoms with E-state index in [4.69, 9.17) is 4.74 Å². The molecule has 6 heteroatoms. The van der Waals surface area contributed by atoms with Crippen LogP contribution < -0.4 is 4.74 Å². The maximum atomic E-state index is 13.5. The average Bonchev–Trinajstić information content (AvgIpc) is 2.88. The number of methoxy groups -OCH3 is 1. The summed E-state index contributed by atoms with van der Waals surface area (Å²) in [4.78, 5) is 0. The molecular weight excluding hydrogens is 365 g/mol. The van der Waals surface area contributed by atoms with Gasteiger partial charge in [-0.05, 0) is 40.8 Å². The fourth-order valence-electron chi connectivity index (χ4n) is 1.62. The highest BCUT2D eigenvalue weighted by Gasteiger charge is 2.29. The minimum Gasteiger partial charge on any atom is -0.494 e. The van der Waals surface area contributed by atoms with Crippen molar-refractivity contribution in [1.82, 2.24) is 9.78 Å². The molecule has 1 aromatic heterocycles. The predicted octanol–water partition coefficient (Wildman–Crippen LogP) is 3.76. The molecule has 2 aromatic rings. The summed E-state index contributed by atoms with van der Waals surface area (Å²) in [5.41, 5.74) is 0.431. The van der Waals surface area contributed by atoms with Gasteiger partial charge >= 0.3 is 0 Å². The van der Waals surface area contributed by atoms with E-state index in [2.05, 4.69) is 34.3 Å². The van der Waals surface area contributed by atoms with Gasteiger partial charge in [-0.15, -0.1) is 0 Å². The Kier molecular flexibility index (Phi) is 3.88. The quantitative estimate of drug-likeness (QED) is 0.600.